The van der Waals surface area contributed by atoms with Crippen LogP contribution in [0.15, 0.2) is 40.8 Å². The van der Waals surface area contributed by atoms with Crippen LogP contribution in [0.1, 0.15) is 42.3 Å². The average molecular weight is 349 g/mol. The predicted octanol–water partition coefficient (Wildman–Crippen LogP) is 3.88. The summed E-state index contributed by atoms with van der Waals surface area (Å²) in [6.45, 7) is 3.41. The van der Waals surface area contributed by atoms with E-state index >= 15 is 0 Å². The van der Waals surface area contributed by atoms with Crippen LogP contribution in [0.3, 0.4) is 0 Å². The summed E-state index contributed by atoms with van der Waals surface area (Å²) in [6, 6.07) is 12.0. The molecule has 4 nitrogen and oxygen atoms in total. The molecule has 1 fully saturated rings. The second-order valence-electron chi connectivity index (χ2n) is 6.10. The highest BCUT2D eigenvalue weighted by molar-refractivity contribution is 5.92. The number of likely N-dealkylation sites (tertiary alicyclic amines) is 1. The summed E-state index contributed by atoms with van der Waals surface area (Å²) in [6.07, 6.45) is 4.17. The number of hydrogen-bond acceptors (Lipinski definition) is 3. The van der Waals surface area contributed by atoms with Crippen LogP contribution >= 0.6 is 12.4 Å². The third-order valence-electron chi connectivity index (χ3n) is 4.62. The van der Waals surface area contributed by atoms with Gasteiger partial charge in [0.25, 0.3) is 5.91 Å². The molecule has 130 valence electrons. The minimum Gasteiger partial charge on any atom is -0.451 e. The Kier molecular flexibility index (Phi) is 6.46. The van der Waals surface area contributed by atoms with E-state index in [0.717, 1.165) is 43.6 Å². The number of carbonyl (C=O) groups is 1. The molecular formula is C19H25ClN2O2. The number of nitrogens with two attached hydrogens (primary N) is 1. The van der Waals surface area contributed by atoms with Crippen molar-refractivity contribution in [3.05, 3.63) is 47.7 Å². The second kappa shape index (κ2) is 8.36. The lowest BCUT2D eigenvalue weighted by Gasteiger charge is -2.34. The lowest BCUT2D eigenvalue weighted by Crippen LogP contribution is -2.47. The van der Waals surface area contributed by atoms with Gasteiger partial charge in [-0.05, 0) is 43.4 Å². The first-order valence-electron chi connectivity index (χ1n) is 8.43. The molecular weight excluding hydrogens is 324 g/mol. The summed E-state index contributed by atoms with van der Waals surface area (Å²) >= 11 is 0. The van der Waals surface area contributed by atoms with Crippen LogP contribution in [0.2, 0.25) is 0 Å². The zero-order chi connectivity index (χ0) is 16.2. The first-order valence-corrected chi connectivity index (χ1v) is 8.43. The summed E-state index contributed by atoms with van der Waals surface area (Å²) < 4.78 is 5.82. The van der Waals surface area contributed by atoms with Gasteiger partial charge in [0, 0.05) is 24.7 Å². The minimum atomic E-state index is -0.0448. The van der Waals surface area contributed by atoms with Gasteiger partial charge in [-0.1, -0.05) is 31.2 Å². The maximum absolute atomic E-state index is 12.7. The molecule has 0 radical (unpaired) electrons. The second-order valence-corrected chi connectivity index (χ2v) is 6.10. The van der Waals surface area contributed by atoms with E-state index in [0.29, 0.717) is 12.3 Å². The van der Waals surface area contributed by atoms with Crippen LogP contribution in [0.25, 0.3) is 11.3 Å². The van der Waals surface area contributed by atoms with Gasteiger partial charge >= 0.3 is 0 Å². The molecule has 1 aromatic carbocycles. The molecule has 24 heavy (non-hydrogen) atoms. The van der Waals surface area contributed by atoms with E-state index < -0.39 is 0 Å². The molecule has 0 saturated carbocycles. The normalized spacial score (nSPS) is 17.4. The first-order chi connectivity index (χ1) is 11.2. The maximum atomic E-state index is 12.7. The van der Waals surface area contributed by atoms with Gasteiger partial charge in [0.1, 0.15) is 5.76 Å². The highest BCUT2D eigenvalue weighted by Crippen LogP contribution is 2.25. The lowest BCUT2D eigenvalue weighted by atomic mass is 10.0. The Balaban J connectivity index is 0.00000208. The van der Waals surface area contributed by atoms with E-state index in [4.69, 9.17) is 10.2 Å². The summed E-state index contributed by atoms with van der Waals surface area (Å²) in [5.41, 5.74) is 8.09. The third kappa shape index (κ3) is 3.82. The molecule has 3 rings (SSSR count). The summed E-state index contributed by atoms with van der Waals surface area (Å²) in [5.74, 6) is 1.09. The van der Waals surface area contributed by atoms with E-state index in [1.165, 1.54) is 5.56 Å². The third-order valence-corrected chi connectivity index (χ3v) is 4.62. The first kappa shape index (κ1) is 18.6. The van der Waals surface area contributed by atoms with Crippen molar-refractivity contribution in [1.82, 2.24) is 4.90 Å². The molecule has 1 aliphatic rings. The highest BCUT2D eigenvalue weighted by Gasteiger charge is 2.28. The van der Waals surface area contributed by atoms with Crippen LogP contribution in [0, 0.1) is 0 Å². The predicted molar refractivity (Wildman–Crippen MR) is 98.5 cm³/mol. The van der Waals surface area contributed by atoms with Crippen molar-refractivity contribution >= 4 is 18.3 Å². The monoisotopic (exact) mass is 348 g/mol. The Morgan fingerprint density at radius 3 is 2.62 bits per heavy atom. The molecule has 2 heterocycles. The van der Waals surface area contributed by atoms with E-state index in [2.05, 4.69) is 19.1 Å². The van der Waals surface area contributed by atoms with Gasteiger partial charge in [0.15, 0.2) is 5.76 Å². The fraction of sp³-hybridized carbons (Fsp3) is 0.421. The number of carbonyl (C=O) groups excluding carboxylic acids is 1. The van der Waals surface area contributed by atoms with Crippen molar-refractivity contribution in [2.75, 3.05) is 13.1 Å². The van der Waals surface area contributed by atoms with Crippen LogP contribution in [-0.4, -0.2) is 29.9 Å². The topological polar surface area (TPSA) is 59.5 Å². The molecule has 1 saturated heterocycles. The van der Waals surface area contributed by atoms with Gasteiger partial charge < -0.3 is 15.1 Å². The van der Waals surface area contributed by atoms with Crippen molar-refractivity contribution in [1.29, 1.82) is 0 Å². The molecule has 1 amide bonds. The molecule has 1 unspecified atom stereocenters. The summed E-state index contributed by atoms with van der Waals surface area (Å²) in [4.78, 5) is 14.6. The number of aryl methyl sites for hydroxylation is 1. The number of amides is 1. The number of nitrogens with zero attached hydrogens (tertiary/aromatic N) is 1. The fourth-order valence-corrected chi connectivity index (χ4v) is 3.17. The van der Waals surface area contributed by atoms with Gasteiger partial charge in [0.2, 0.25) is 0 Å². The molecule has 0 aliphatic carbocycles. The molecule has 1 aliphatic heterocycles. The Morgan fingerprint density at radius 2 is 1.96 bits per heavy atom. The zero-order valence-corrected chi connectivity index (χ0v) is 14.8. The van der Waals surface area contributed by atoms with Gasteiger partial charge in [0.05, 0.1) is 0 Å². The van der Waals surface area contributed by atoms with Crippen molar-refractivity contribution in [2.24, 2.45) is 5.73 Å². The number of piperidine rings is 1. The molecule has 1 atom stereocenters. The van der Waals surface area contributed by atoms with Crippen LogP contribution in [0.4, 0.5) is 0 Å². The fourth-order valence-electron chi connectivity index (χ4n) is 3.17. The van der Waals surface area contributed by atoms with E-state index in [-0.39, 0.29) is 24.4 Å². The molecule has 1 aromatic heterocycles. The van der Waals surface area contributed by atoms with Crippen molar-refractivity contribution in [2.45, 2.75) is 38.6 Å². The SMILES string of the molecule is CCc1ccc(-c2ccc(C(=O)N3CCCCC3CN)o2)cc1.Cl. The molecule has 0 spiro atoms. The Hall–Kier alpha value is -1.78. The number of hydrogen-bond donors (Lipinski definition) is 1. The summed E-state index contributed by atoms with van der Waals surface area (Å²) in [7, 11) is 0. The van der Waals surface area contributed by atoms with Crippen molar-refractivity contribution in [3.8, 4) is 11.3 Å². The number of rotatable bonds is 4. The molecule has 0 bridgehead atoms. The van der Waals surface area contributed by atoms with Gasteiger partial charge in [-0.15, -0.1) is 12.4 Å². The maximum Gasteiger partial charge on any atom is 0.289 e. The quantitative estimate of drug-likeness (QED) is 0.912. The Labute approximate surface area is 149 Å². The largest absolute Gasteiger partial charge is 0.451 e. The average Bonchev–Trinajstić information content (AvgIpc) is 3.11. The minimum absolute atomic E-state index is 0. The van der Waals surface area contributed by atoms with Gasteiger partial charge in [-0.2, -0.15) is 0 Å². The highest BCUT2D eigenvalue weighted by atomic mass is 35.5. The van der Waals surface area contributed by atoms with Gasteiger partial charge in [-0.25, -0.2) is 0 Å². The zero-order valence-electron chi connectivity index (χ0n) is 14.0. The molecule has 2 N–H and O–H groups in total. The molecule has 5 heteroatoms. The van der Waals surface area contributed by atoms with E-state index in [1.807, 2.05) is 23.1 Å². The van der Waals surface area contributed by atoms with Crippen LogP contribution in [-0.2, 0) is 6.42 Å². The summed E-state index contributed by atoms with van der Waals surface area (Å²) in [5, 5.41) is 0. The Bertz CT molecular complexity index is 666. The Morgan fingerprint density at radius 1 is 1.21 bits per heavy atom. The van der Waals surface area contributed by atoms with Crippen LogP contribution < -0.4 is 5.73 Å². The smallest absolute Gasteiger partial charge is 0.289 e. The lowest BCUT2D eigenvalue weighted by molar-refractivity contribution is 0.0592. The van der Waals surface area contributed by atoms with Gasteiger partial charge in [-0.3, -0.25) is 4.79 Å². The van der Waals surface area contributed by atoms with Crippen LogP contribution in [0.5, 0.6) is 0 Å². The number of halogens is 1. The van der Waals surface area contributed by atoms with Crippen molar-refractivity contribution in [3.63, 3.8) is 0 Å². The van der Waals surface area contributed by atoms with E-state index in [9.17, 15) is 4.79 Å². The van der Waals surface area contributed by atoms with Crippen molar-refractivity contribution < 1.29 is 9.21 Å². The number of furan rings is 1. The molecule has 2 aromatic rings. The standard InChI is InChI=1S/C19H24N2O2.ClH/c1-2-14-6-8-15(9-7-14)17-10-11-18(23-17)19(22)21-12-4-3-5-16(21)13-20;/h6-11,16H,2-5,12-13,20H2,1H3;1H. The number of benzene rings is 1. The van der Waals surface area contributed by atoms with E-state index in [1.54, 1.807) is 6.07 Å².